The lowest BCUT2D eigenvalue weighted by molar-refractivity contribution is -0.142. The quantitative estimate of drug-likeness (QED) is 0.540. The van der Waals surface area contributed by atoms with E-state index in [-0.39, 0.29) is 17.5 Å². The first-order valence-electron chi connectivity index (χ1n) is 5.85. The van der Waals surface area contributed by atoms with Crippen LogP contribution < -0.4 is 0 Å². The van der Waals surface area contributed by atoms with Gasteiger partial charge in [0.2, 0.25) is 0 Å². The topological polar surface area (TPSA) is 29.5 Å². The number of ether oxygens (including phenoxy) is 1. The summed E-state index contributed by atoms with van der Waals surface area (Å²) < 4.78 is 5.40. The molecule has 3 nitrogen and oxygen atoms in total. The Kier molecular flexibility index (Phi) is 2.78. The molecule has 0 amide bonds. The molecule has 1 fully saturated rings. The standard InChI is InChI=1S/C13H19NO2/c1-4-13(2,3)12-10(9-11(15)16-12)14-7-5-6-8-14/h4,9,12H,1,5-8H2,2-3H3. The number of hydrogen-bond donors (Lipinski definition) is 0. The molecule has 0 radical (unpaired) electrons. The number of esters is 1. The van der Waals surface area contributed by atoms with E-state index in [1.54, 1.807) is 6.08 Å². The second-order valence-electron chi connectivity index (χ2n) is 5.11. The van der Waals surface area contributed by atoms with Gasteiger partial charge in [0.15, 0.2) is 6.10 Å². The van der Waals surface area contributed by atoms with Crippen LogP contribution in [0.1, 0.15) is 26.7 Å². The minimum Gasteiger partial charge on any atom is -0.452 e. The van der Waals surface area contributed by atoms with Crippen molar-refractivity contribution >= 4 is 5.97 Å². The van der Waals surface area contributed by atoms with E-state index < -0.39 is 0 Å². The van der Waals surface area contributed by atoms with Crippen molar-refractivity contribution in [1.82, 2.24) is 4.90 Å². The van der Waals surface area contributed by atoms with Gasteiger partial charge in [-0.3, -0.25) is 0 Å². The highest BCUT2D eigenvalue weighted by Gasteiger charge is 2.40. The molecule has 2 aliphatic heterocycles. The highest BCUT2D eigenvalue weighted by atomic mass is 16.5. The molecule has 0 aromatic rings. The monoisotopic (exact) mass is 221 g/mol. The first-order chi connectivity index (χ1) is 7.54. The molecule has 2 aliphatic rings. The molecule has 2 rings (SSSR count). The van der Waals surface area contributed by atoms with Crippen LogP contribution in [0.3, 0.4) is 0 Å². The van der Waals surface area contributed by atoms with Crippen LogP contribution in [0, 0.1) is 5.41 Å². The molecule has 3 heteroatoms. The molecular formula is C13H19NO2. The summed E-state index contributed by atoms with van der Waals surface area (Å²) in [4.78, 5) is 13.7. The van der Waals surface area contributed by atoms with Gasteiger partial charge in [0.1, 0.15) is 0 Å². The third-order valence-electron chi connectivity index (χ3n) is 3.44. The Morgan fingerprint density at radius 1 is 1.50 bits per heavy atom. The maximum Gasteiger partial charge on any atom is 0.333 e. The molecule has 1 atom stereocenters. The average molecular weight is 221 g/mol. The predicted octanol–water partition coefficient (Wildman–Crippen LogP) is 2.10. The van der Waals surface area contributed by atoms with E-state index in [1.807, 2.05) is 19.9 Å². The number of carbonyl (C=O) groups excluding carboxylic acids is 1. The molecule has 88 valence electrons. The molecule has 0 aliphatic carbocycles. The van der Waals surface area contributed by atoms with Gasteiger partial charge in [-0.2, -0.15) is 0 Å². The summed E-state index contributed by atoms with van der Waals surface area (Å²) in [7, 11) is 0. The van der Waals surface area contributed by atoms with Crippen molar-refractivity contribution in [3.8, 4) is 0 Å². The highest BCUT2D eigenvalue weighted by molar-refractivity contribution is 5.86. The van der Waals surface area contributed by atoms with Gasteiger partial charge in [0, 0.05) is 24.6 Å². The summed E-state index contributed by atoms with van der Waals surface area (Å²) in [5.41, 5.74) is 0.827. The fourth-order valence-electron chi connectivity index (χ4n) is 2.28. The van der Waals surface area contributed by atoms with Crippen LogP contribution in [0.15, 0.2) is 24.4 Å². The summed E-state index contributed by atoms with van der Waals surface area (Å²) in [6.45, 7) is 9.99. The molecule has 2 heterocycles. The number of rotatable bonds is 3. The first-order valence-corrected chi connectivity index (χ1v) is 5.85. The van der Waals surface area contributed by atoms with Crippen molar-refractivity contribution in [2.75, 3.05) is 13.1 Å². The largest absolute Gasteiger partial charge is 0.452 e. The SMILES string of the molecule is C=CC(C)(C)C1OC(=O)C=C1N1CCCC1. The second kappa shape index (κ2) is 3.96. The Bertz CT molecular complexity index is 338. The summed E-state index contributed by atoms with van der Waals surface area (Å²) in [6.07, 6.45) is 5.73. The van der Waals surface area contributed by atoms with Crippen LogP contribution in [-0.4, -0.2) is 30.1 Å². The summed E-state index contributed by atoms with van der Waals surface area (Å²) in [5.74, 6) is -0.221. The third kappa shape index (κ3) is 1.86. The lowest BCUT2D eigenvalue weighted by Crippen LogP contribution is -2.36. The van der Waals surface area contributed by atoms with Gasteiger partial charge in [-0.15, -0.1) is 6.58 Å². The van der Waals surface area contributed by atoms with Crippen LogP contribution in [0.4, 0.5) is 0 Å². The van der Waals surface area contributed by atoms with Gasteiger partial charge >= 0.3 is 5.97 Å². The minimum absolute atomic E-state index is 0.171. The Hall–Kier alpha value is -1.25. The van der Waals surface area contributed by atoms with Gasteiger partial charge in [-0.25, -0.2) is 4.79 Å². The zero-order valence-electron chi connectivity index (χ0n) is 10.0. The minimum atomic E-state index is -0.221. The van der Waals surface area contributed by atoms with Crippen LogP contribution in [-0.2, 0) is 9.53 Å². The van der Waals surface area contributed by atoms with E-state index in [0.29, 0.717) is 0 Å². The van der Waals surface area contributed by atoms with E-state index in [2.05, 4.69) is 11.5 Å². The van der Waals surface area contributed by atoms with Crippen molar-refractivity contribution in [3.05, 3.63) is 24.4 Å². The highest BCUT2D eigenvalue weighted by Crippen LogP contribution is 2.36. The van der Waals surface area contributed by atoms with Gasteiger partial charge in [-0.05, 0) is 12.8 Å². The lowest BCUT2D eigenvalue weighted by atomic mass is 9.85. The maximum atomic E-state index is 11.4. The molecule has 0 spiro atoms. The van der Waals surface area contributed by atoms with Gasteiger partial charge in [-0.1, -0.05) is 19.9 Å². The number of likely N-dealkylation sites (tertiary alicyclic amines) is 1. The van der Waals surface area contributed by atoms with Crippen LogP contribution in [0.2, 0.25) is 0 Å². The summed E-state index contributed by atoms with van der Waals surface area (Å²) in [5, 5.41) is 0. The number of nitrogens with zero attached hydrogens (tertiary/aromatic N) is 1. The first kappa shape index (κ1) is 11.2. The number of cyclic esters (lactones) is 1. The molecule has 0 bridgehead atoms. The van der Waals surface area contributed by atoms with E-state index in [0.717, 1.165) is 18.8 Å². The van der Waals surface area contributed by atoms with E-state index in [1.165, 1.54) is 12.8 Å². The molecule has 1 unspecified atom stereocenters. The fraction of sp³-hybridized carbons (Fsp3) is 0.615. The average Bonchev–Trinajstić information content (AvgIpc) is 2.85. The predicted molar refractivity (Wildman–Crippen MR) is 62.7 cm³/mol. The maximum absolute atomic E-state index is 11.4. The zero-order chi connectivity index (χ0) is 11.8. The van der Waals surface area contributed by atoms with Crippen LogP contribution >= 0.6 is 0 Å². The van der Waals surface area contributed by atoms with Crippen LogP contribution in [0.25, 0.3) is 0 Å². The normalized spacial score (nSPS) is 25.6. The van der Waals surface area contributed by atoms with Crippen molar-refractivity contribution in [2.24, 2.45) is 5.41 Å². The van der Waals surface area contributed by atoms with Crippen molar-refractivity contribution in [3.63, 3.8) is 0 Å². The molecule has 0 aromatic carbocycles. The van der Waals surface area contributed by atoms with Crippen molar-refractivity contribution in [1.29, 1.82) is 0 Å². The molecule has 1 saturated heterocycles. The third-order valence-corrected chi connectivity index (χ3v) is 3.44. The summed E-state index contributed by atoms with van der Waals surface area (Å²) in [6, 6.07) is 0. The molecule has 0 aromatic heterocycles. The van der Waals surface area contributed by atoms with Gasteiger partial charge < -0.3 is 9.64 Å². The Morgan fingerprint density at radius 3 is 2.69 bits per heavy atom. The van der Waals surface area contributed by atoms with E-state index >= 15 is 0 Å². The second-order valence-corrected chi connectivity index (χ2v) is 5.11. The Morgan fingerprint density at radius 2 is 2.12 bits per heavy atom. The molecule has 0 N–H and O–H groups in total. The number of carbonyl (C=O) groups is 1. The Balaban J connectivity index is 2.23. The molecular weight excluding hydrogens is 202 g/mol. The van der Waals surface area contributed by atoms with Gasteiger partial charge in [0.25, 0.3) is 0 Å². The van der Waals surface area contributed by atoms with Crippen molar-refractivity contribution in [2.45, 2.75) is 32.8 Å². The summed E-state index contributed by atoms with van der Waals surface area (Å²) >= 11 is 0. The van der Waals surface area contributed by atoms with E-state index in [4.69, 9.17) is 4.74 Å². The molecule has 0 saturated carbocycles. The fourth-order valence-corrected chi connectivity index (χ4v) is 2.28. The lowest BCUT2D eigenvalue weighted by Gasteiger charge is -2.33. The van der Waals surface area contributed by atoms with Crippen LogP contribution in [0.5, 0.6) is 0 Å². The zero-order valence-corrected chi connectivity index (χ0v) is 10.0. The number of hydrogen-bond acceptors (Lipinski definition) is 3. The Labute approximate surface area is 96.8 Å². The van der Waals surface area contributed by atoms with Crippen molar-refractivity contribution < 1.29 is 9.53 Å². The molecule has 16 heavy (non-hydrogen) atoms. The smallest absolute Gasteiger partial charge is 0.333 e. The van der Waals surface area contributed by atoms with E-state index in [9.17, 15) is 4.79 Å². The van der Waals surface area contributed by atoms with Gasteiger partial charge in [0.05, 0.1) is 5.70 Å².